The SMILES string of the molecule is CCCNC(CCC)Cc1nc(-c2ccsc2)no1. The van der Waals surface area contributed by atoms with Gasteiger partial charge in [-0.05, 0) is 30.8 Å². The Balaban J connectivity index is 1.97. The first-order valence-electron chi connectivity index (χ1n) is 6.92. The Morgan fingerprint density at radius 1 is 1.37 bits per heavy atom. The summed E-state index contributed by atoms with van der Waals surface area (Å²) in [5.74, 6) is 1.42. The summed E-state index contributed by atoms with van der Waals surface area (Å²) in [4.78, 5) is 4.47. The van der Waals surface area contributed by atoms with Gasteiger partial charge in [0.25, 0.3) is 0 Å². The molecule has 0 amide bonds. The predicted molar refractivity (Wildman–Crippen MR) is 78.3 cm³/mol. The molecule has 0 spiro atoms. The lowest BCUT2D eigenvalue weighted by molar-refractivity contribution is 0.350. The van der Waals surface area contributed by atoms with E-state index < -0.39 is 0 Å². The molecule has 1 unspecified atom stereocenters. The van der Waals surface area contributed by atoms with Gasteiger partial charge in [0.15, 0.2) is 0 Å². The molecule has 2 aromatic rings. The predicted octanol–water partition coefficient (Wildman–Crippen LogP) is 3.51. The van der Waals surface area contributed by atoms with Crippen LogP contribution in [-0.4, -0.2) is 22.7 Å². The second kappa shape index (κ2) is 7.40. The highest BCUT2D eigenvalue weighted by Crippen LogP contribution is 2.19. The Hall–Kier alpha value is -1.20. The minimum Gasteiger partial charge on any atom is -0.339 e. The van der Waals surface area contributed by atoms with Gasteiger partial charge in [0, 0.05) is 23.4 Å². The van der Waals surface area contributed by atoms with E-state index in [9.17, 15) is 0 Å². The summed E-state index contributed by atoms with van der Waals surface area (Å²) in [6, 6.07) is 2.44. The second-order valence-electron chi connectivity index (χ2n) is 4.67. The van der Waals surface area contributed by atoms with E-state index in [0.717, 1.165) is 43.7 Å². The zero-order valence-corrected chi connectivity index (χ0v) is 12.4. The van der Waals surface area contributed by atoms with E-state index in [4.69, 9.17) is 4.52 Å². The fourth-order valence-electron chi connectivity index (χ4n) is 2.03. The Kier molecular flexibility index (Phi) is 5.54. The summed E-state index contributed by atoms with van der Waals surface area (Å²) in [5, 5.41) is 11.6. The van der Waals surface area contributed by atoms with Gasteiger partial charge in [0.2, 0.25) is 11.7 Å². The first-order valence-corrected chi connectivity index (χ1v) is 7.86. The van der Waals surface area contributed by atoms with Crippen LogP contribution in [-0.2, 0) is 6.42 Å². The summed E-state index contributed by atoms with van der Waals surface area (Å²) in [6.07, 6.45) is 4.25. The Bertz CT molecular complexity index is 467. The molecule has 0 saturated heterocycles. The third kappa shape index (κ3) is 4.14. The Morgan fingerprint density at radius 2 is 2.26 bits per heavy atom. The minimum absolute atomic E-state index is 0.431. The van der Waals surface area contributed by atoms with Crippen LogP contribution in [0.5, 0.6) is 0 Å². The van der Waals surface area contributed by atoms with Crippen molar-refractivity contribution in [2.75, 3.05) is 6.54 Å². The molecule has 0 aliphatic rings. The maximum absolute atomic E-state index is 5.35. The van der Waals surface area contributed by atoms with Crippen LogP contribution >= 0.6 is 11.3 Å². The highest BCUT2D eigenvalue weighted by molar-refractivity contribution is 7.08. The van der Waals surface area contributed by atoms with Crippen LogP contribution < -0.4 is 5.32 Å². The summed E-state index contributed by atoms with van der Waals surface area (Å²) in [5.41, 5.74) is 1.04. The quantitative estimate of drug-likeness (QED) is 0.803. The van der Waals surface area contributed by atoms with Crippen molar-refractivity contribution in [1.82, 2.24) is 15.5 Å². The lowest BCUT2D eigenvalue weighted by Gasteiger charge is -2.15. The largest absolute Gasteiger partial charge is 0.339 e. The van der Waals surface area contributed by atoms with Crippen LogP contribution in [0, 0.1) is 0 Å². The molecule has 1 N–H and O–H groups in total. The van der Waals surface area contributed by atoms with Crippen LogP contribution in [0.3, 0.4) is 0 Å². The highest BCUT2D eigenvalue weighted by atomic mass is 32.1. The van der Waals surface area contributed by atoms with Crippen LogP contribution in [0.4, 0.5) is 0 Å². The molecular weight excluding hydrogens is 258 g/mol. The fourth-order valence-corrected chi connectivity index (χ4v) is 2.67. The van der Waals surface area contributed by atoms with Gasteiger partial charge >= 0.3 is 0 Å². The Morgan fingerprint density at radius 3 is 2.95 bits per heavy atom. The zero-order valence-electron chi connectivity index (χ0n) is 11.6. The topological polar surface area (TPSA) is 51.0 Å². The van der Waals surface area contributed by atoms with E-state index in [1.165, 1.54) is 0 Å². The first-order chi connectivity index (χ1) is 9.33. The van der Waals surface area contributed by atoms with Gasteiger partial charge < -0.3 is 9.84 Å². The van der Waals surface area contributed by atoms with Crippen LogP contribution in [0.25, 0.3) is 11.4 Å². The van der Waals surface area contributed by atoms with Crippen molar-refractivity contribution in [1.29, 1.82) is 0 Å². The molecule has 0 aliphatic heterocycles. The lowest BCUT2D eigenvalue weighted by atomic mass is 10.1. The van der Waals surface area contributed by atoms with E-state index in [1.54, 1.807) is 11.3 Å². The third-order valence-corrected chi connectivity index (χ3v) is 3.67. The molecule has 4 nitrogen and oxygen atoms in total. The van der Waals surface area contributed by atoms with Gasteiger partial charge in [-0.1, -0.05) is 25.4 Å². The zero-order chi connectivity index (χ0) is 13.5. The second-order valence-corrected chi connectivity index (χ2v) is 5.45. The van der Waals surface area contributed by atoms with Gasteiger partial charge in [-0.2, -0.15) is 16.3 Å². The average molecular weight is 279 g/mol. The number of thiophene rings is 1. The molecule has 2 heterocycles. The molecule has 104 valence electrons. The van der Waals surface area contributed by atoms with Crippen LogP contribution in [0.15, 0.2) is 21.3 Å². The molecule has 0 aliphatic carbocycles. The number of hydrogen-bond acceptors (Lipinski definition) is 5. The number of hydrogen-bond donors (Lipinski definition) is 1. The van der Waals surface area contributed by atoms with E-state index in [1.807, 2.05) is 16.8 Å². The van der Waals surface area contributed by atoms with E-state index >= 15 is 0 Å². The Labute approximate surface area is 118 Å². The van der Waals surface area contributed by atoms with E-state index in [2.05, 4.69) is 29.3 Å². The summed E-state index contributed by atoms with van der Waals surface area (Å²) < 4.78 is 5.35. The molecule has 19 heavy (non-hydrogen) atoms. The van der Waals surface area contributed by atoms with Crippen LogP contribution in [0.1, 0.15) is 39.0 Å². The number of nitrogens with zero attached hydrogens (tertiary/aromatic N) is 2. The first kappa shape index (κ1) is 14.2. The highest BCUT2D eigenvalue weighted by Gasteiger charge is 2.14. The van der Waals surface area contributed by atoms with Crippen molar-refractivity contribution in [3.8, 4) is 11.4 Å². The smallest absolute Gasteiger partial charge is 0.228 e. The molecule has 0 aromatic carbocycles. The van der Waals surface area contributed by atoms with Gasteiger partial charge in [0.1, 0.15) is 0 Å². The van der Waals surface area contributed by atoms with E-state index in [0.29, 0.717) is 11.9 Å². The van der Waals surface area contributed by atoms with Crippen molar-refractivity contribution in [2.45, 2.75) is 45.6 Å². The average Bonchev–Trinajstić information content (AvgIpc) is 3.06. The lowest BCUT2D eigenvalue weighted by Crippen LogP contribution is -2.31. The third-order valence-electron chi connectivity index (χ3n) is 2.99. The maximum atomic E-state index is 5.35. The van der Waals surface area contributed by atoms with Crippen molar-refractivity contribution < 1.29 is 4.52 Å². The molecule has 0 radical (unpaired) electrons. The summed E-state index contributed by atoms with van der Waals surface area (Å²) >= 11 is 1.64. The normalized spacial score (nSPS) is 12.7. The molecule has 2 rings (SSSR count). The summed E-state index contributed by atoms with van der Waals surface area (Å²) in [6.45, 7) is 5.42. The minimum atomic E-state index is 0.431. The van der Waals surface area contributed by atoms with Gasteiger partial charge in [0.05, 0.1) is 0 Å². The number of rotatable bonds is 8. The molecule has 0 bridgehead atoms. The molecular formula is C14H21N3OS. The van der Waals surface area contributed by atoms with Crippen molar-refractivity contribution >= 4 is 11.3 Å². The maximum Gasteiger partial charge on any atom is 0.228 e. The fraction of sp³-hybridized carbons (Fsp3) is 0.571. The molecule has 1 atom stereocenters. The molecule has 0 saturated carbocycles. The number of aromatic nitrogens is 2. The van der Waals surface area contributed by atoms with Gasteiger partial charge in [-0.25, -0.2) is 0 Å². The number of nitrogens with one attached hydrogen (secondary N) is 1. The van der Waals surface area contributed by atoms with E-state index in [-0.39, 0.29) is 0 Å². The van der Waals surface area contributed by atoms with Crippen molar-refractivity contribution in [2.24, 2.45) is 0 Å². The van der Waals surface area contributed by atoms with Gasteiger partial charge in [-0.3, -0.25) is 0 Å². The van der Waals surface area contributed by atoms with Crippen molar-refractivity contribution in [3.63, 3.8) is 0 Å². The van der Waals surface area contributed by atoms with Crippen molar-refractivity contribution in [3.05, 3.63) is 22.7 Å². The molecule has 0 fully saturated rings. The monoisotopic (exact) mass is 279 g/mol. The van der Waals surface area contributed by atoms with Crippen LogP contribution in [0.2, 0.25) is 0 Å². The molecule has 5 heteroatoms. The summed E-state index contributed by atoms with van der Waals surface area (Å²) in [7, 11) is 0. The van der Waals surface area contributed by atoms with Gasteiger partial charge in [-0.15, -0.1) is 0 Å². The standard InChI is InChI=1S/C14H21N3OS/c1-3-5-12(15-7-4-2)9-13-16-14(17-18-13)11-6-8-19-10-11/h6,8,10,12,15H,3-5,7,9H2,1-2H3. The molecule has 2 aromatic heterocycles.